The summed E-state index contributed by atoms with van der Waals surface area (Å²) >= 11 is 0. The first-order valence-electron chi connectivity index (χ1n) is 9.19. The van der Waals surface area contributed by atoms with Crippen LogP contribution >= 0.6 is 0 Å². The smallest absolute Gasteiger partial charge is 0.337 e. The van der Waals surface area contributed by atoms with Gasteiger partial charge in [0.15, 0.2) is 0 Å². The van der Waals surface area contributed by atoms with Crippen LogP contribution in [0.2, 0.25) is 0 Å². The van der Waals surface area contributed by atoms with Crippen molar-refractivity contribution in [1.82, 2.24) is 4.98 Å². The summed E-state index contributed by atoms with van der Waals surface area (Å²) in [4.78, 5) is 38.8. The van der Waals surface area contributed by atoms with Crippen molar-refractivity contribution in [3.8, 4) is 16.9 Å². The Kier molecular flexibility index (Phi) is 5.00. The lowest BCUT2D eigenvalue weighted by molar-refractivity contribution is -0.384. The molecule has 0 spiro atoms. The Bertz CT molecular complexity index is 1240. The Morgan fingerprint density at radius 3 is 2.45 bits per heavy atom. The average Bonchev–Trinajstić information content (AvgIpc) is 3.36. The summed E-state index contributed by atoms with van der Waals surface area (Å²) in [6.45, 7) is 0. The average molecular weight is 419 g/mol. The molecule has 1 amide bonds. The zero-order valence-corrected chi connectivity index (χ0v) is 16.6. The van der Waals surface area contributed by atoms with E-state index in [1.54, 1.807) is 30.5 Å². The number of ether oxygens (including phenoxy) is 2. The van der Waals surface area contributed by atoms with E-state index in [1.165, 1.54) is 38.5 Å². The van der Waals surface area contributed by atoms with E-state index in [1.807, 2.05) is 0 Å². The third kappa shape index (κ3) is 3.42. The Balaban J connectivity index is 1.94. The van der Waals surface area contributed by atoms with Crippen LogP contribution in [0.15, 0.2) is 48.7 Å². The summed E-state index contributed by atoms with van der Waals surface area (Å²) in [7, 11) is 2.78. The number of amides is 1. The Morgan fingerprint density at radius 1 is 1.06 bits per heavy atom. The number of aromatic amines is 1. The lowest BCUT2D eigenvalue weighted by atomic mass is 9.92. The number of carbonyl (C=O) groups excluding carboxylic acids is 2. The number of benzene rings is 2. The Hall–Kier alpha value is -4.40. The quantitative estimate of drug-likeness (QED) is 0.280. The van der Waals surface area contributed by atoms with Crippen molar-refractivity contribution in [2.24, 2.45) is 0 Å². The molecule has 1 aliphatic heterocycles. The molecule has 0 radical (unpaired) electrons. The van der Waals surface area contributed by atoms with E-state index in [0.717, 1.165) is 0 Å². The van der Waals surface area contributed by atoms with Crippen LogP contribution in [-0.4, -0.2) is 36.0 Å². The van der Waals surface area contributed by atoms with Gasteiger partial charge in [0.05, 0.1) is 47.2 Å². The molecule has 2 heterocycles. The minimum Gasteiger partial charge on any atom is -0.495 e. The number of hydrogen-bond acceptors (Lipinski definition) is 6. The molecule has 2 N–H and O–H groups in total. The number of nitro benzene ring substituents is 1. The molecule has 2 aromatic carbocycles. The number of anilines is 1. The number of nitrogens with zero attached hydrogens (tertiary/aromatic N) is 1. The maximum Gasteiger partial charge on any atom is 0.337 e. The maximum absolute atomic E-state index is 12.7. The number of methoxy groups -OCH3 is 2. The standard InChI is InChI=1S/C22H17N3O6/c1-30-18-9-10-23-16(18)11-14-20-15(24-21(14)26)7-8-17(25(28)29)19(20)12-3-5-13(6-4-12)22(27)31-2/h3-11,23H,1-2H3,(H,24,26). The van der Waals surface area contributed by atoms with E-state index in [-0.39, 0.29) is 22.7 Å². The summed E-state index contributed by atoms with van der Waals surface area (Å²) in [6, 6.07) is 10.8. The molecule has 31 heavy (non-hydrogen) atoms. The van der Waals surface area contributed by atoms with Gasteiger partial charge in [-0.3, -0.25) is 14.9 Å². The molecule has 0 aliphatic carbocycles. The molecule has 156 valence electrons. The SMILES string of the molecule is COC(=O)c1ccc(-c2c([N+](=O)[O-])ccc3c2C(=Cc2[nH]ccc2OC)C(=O)N3)cc1. The molecular formula is C22H17N3O6. The molecule has 0 unspecified atom stereocenters. The fourth-order valence-electron chi connectivity index (χ4n) is 3.55. The molecule has 9 heteroatoms. The fraction of sp³-hybridized carbons (Fsp3) is 0.0909. The van der Waals surface area contributed by atoms with Crippen molar-refractivity contribution < 1.29 is 24.0 Å². The molecule has 0 bridgehead atoms. The van der Waals surface area contributed by atoms with Crippen molar-refractivity contribution in [2.75, 3.05) is 19.5 Å². The number of hydrogen-bond donors (Lipinski definition) is 2. The van der Waals surface area contributed by atoms with E-state index in [4.69, 9.17) is 9.47 Å². The Labute approximate surface area is 176 Å². The highest BCUT2D eigenvalue weighted by atomic mass is 16.6. The van der Waals surface area contributed by atoms with Crippen LogP contribution in [0.4, 0.5) is 11.4 Å². The van der Waals surface area contributed by atoms with Gasteiger partial charge in [-0.1, -0.05) is 12.1 Å². The van der Waals surface area contributed by atoms with Gasteiger partial charge in [-0.25, -0.2) is 4.79 Å². The first kappa shape index (κ1) is 19.9. The first-order valence-corrected chi connectivity index (χ1v) is 9.19. The zero-order valence-electron chi connectivity index (χ0n) is 16.6. The maximum atomic E-state index is 12.7. The van der Waals surface area contributed by atoms with Crippen LogP contribution in [0.25, 0.3) is 22.8 Å². The van der Waals surface area contributed by atoms with Crippen LogP contribution in [-0.2, 0) is 9.53 Å². The van der Waals surface area contributed by atoms with Gasteiger partial charge in [0, 0.05) is 17.8 Å². The molecule has 0 saturated heterocycles. The van der Waals surface area contributed by atoms with E-state index < -0.39 is 10.9 Å². The van der Waals surface area contributed by atoms with E-state index >= 15 is 0 Å². The fourth-order valence-corrected chi connectivity index (χ4v) is 3.55. The Morgan fingerprint density at radius 2 is 1.81 bits per heavy atom. The van der Waals surface area contributed by atoms with Crippen LogP contribution in [0.5, 0.6) is 5.75 Å². The topological polar surface area (TPSA) is 124 Å². The molecule has 1 aromatic heterocycles. The monoisotopic (exact) mass is 419 g/mol. The molecule has 0 atom stereocenters. The molecule has 3 aromatic rings. The molecule has 1 aliphatic rings. The third-order valence-corrected chi connectivity index (χ3v) is 4.98. The predicted molar refractivity (Wildman–Crippen MR) is 114 cm³/mol. The summed E-state index contributed by atoms with van der Waals surface area (Å²) in [5.41, 5.74) is 2.57. The highest BCUT2D eigenvalue weighted by molar-refractivity contribution is 6.36. The van der Waals surface area contributed by atoms with Crippen molar-refractivity contribution in [2.45, 2.75) is 0 Å². The van der Waals surface area contributed by atoms with Crippen LogP contribution < -0.4 is 10.1 Å². The molecule has 0 saturated carbocycles. The molecule has 9 nitrogen and oxygen atoms in total. The number of fused-ring (bicyclic) bond motifs is 1. The summed E-state index contributed by atoms with van der Waals surface area (Å²) in [5, 5.41) is 14.6. The highest BCUT2D eigenvalue weighted by Crippen LogP contribution is 2.45. The second-order valence-corrected chi connectivity index (χ2v) is 6.68. The van der Waals surface area contributed by atoms with Gasteiger partial charge < -0.3 is 19.8 Å². The molecule has 4 rings (SSSR count). The van der Waals surface area contributed by atoms with Crippen LogP contribution in [0.1, 0.15) is 21.6 Å². The number of H-pyrrole nitrogens is 1. The first-order chi connectivity index (χ1) is 14.9. The lowest BCUT2D eigenvalue weighted by Crippen LogP contribution is -2.03. The number of esters is 1. The number of aromatic nitrogens is 1. The van der Waals surface area contributed by atoms with Crippen LogP contribution in [0.3, 0.4) is 0 Å². The summed E-state index contributed by atoms with van der Waals surface area (Å²) in [5.74, 6) is -0.377. The summed E-state index contributed by atoms with van der Waals surface area (Å²) in [6.07, 6.45) is 3.26. The van der Waals surface area contributed by atoms with E-state index in [9.17, 15) is 19.7 Å². The van der Waals surface area contributed by atoms with Crippen molar-refractivity contribution in [3.05, 3.63) is 75.6 Å². The van der Waals surface area contributed by atoms with Crippen molar-refractivity contribution in [1.29, 1.82) is 0 Å². The largest absolute Gasteiger partial charge is 0.495 e. The van der Waals surface area contributed by atoms with Gasteiger partial charge in [-0.2, -0.15) is 0 Å². The van der Waals surface area contributed by atoms with E-state index in [0.29, 0.717) is 33.8 Å². The third-order valence-electron chi connectivity index (χ3n) is 4.98. The van der Waals surface area contributed by atoms with Gasteiger partial charge in [-0.15, -0.1) is 0 Å². The second-order valence-electron chi connectivity index (χ2n) is 6.68. The summed E-state index contributed by atoms with van der Waals surface area (Å²) < 4.78 is 9.99. The van der Waals surface area contributed by atoms with Gasteiger partial charge in [0.1, 0.15) is 5.75 Å². The van der Waals surface area contributed by atoms with Gasteiger partial charge in [0.2, 0.25) is 0 Å². The minimum atomic E-state index is -0.518. The molecular weight excluding hydrogens is 402 g/mol. The van der Waals surface area contributed by atoms with Gasteiger partial charge in [-0.05, 0) is 35.9 Å². The van der Waals surface area contributed by atoms with Crippen molar-refractivity contribution >= 4 is 34.9 Å². The number of carbonyl (C=O) groups is 2. The normalized spacial score (nSPS) is 13.6. The lowest BCUT2D eigenvalue weighted by Gasteiger charge is -2.10. The van der Waals surface area contributed by atoms with Crippen molar-refractivity contribution in [3.63, 3.8) is 0 Å². The zero-order chi connectivity index (χ0) is 22.1. The predicted octanol–water partition coefficient (Wildman–Crippen LogP) is 3.88. The van der Waals surface area contributed by atoms with Gasteiger partial charge >= 0.3 is 5.97 Å². The van der Waals surface area contributed by atoms with E-state index in [2.05, 4.69) is 10.3 Å². The van der Waals surface area contributed by atoms with Crippen LogP contribution in [0, 0.1) is 10.1 Å². The number of rotatable bonds is 5. The number of nitrogens with one attached hydrogen (secondary N) is 2. The molecule has 0 fully saturated rings. The minimum absolute atomic E-state index is 0.162. The highest BCUT2D eigenvalue weighted by Gasteiger charge is 2.33. The number of nitro groups is 1. The second kappa shape index (κ2) is 7.79. The van der Waals surface area contributed by atoms with Gasteiger partial charge in [0.25, 0.3) is 11.6 Å².